The van der Waals surface area contributed by atoms with Gasteiger partial charge in [0.2, 0.25) is 0 Å². The van der Waals surface area contributed by atoms with Crippen LogP contribution in [0.25, 0.3) is 0 Å². The number of anilines is 1. The number of hydrogen-bond donors (Lipinski definition) is 3. The van der Waals surface area contributed by atoms with Crippen molar-refractivity contribution in [3.8, 4) is 11.5 Å². The molecule has 4 N–H and O–H groups in total. The average molecular weight is 484 g/mol. The maximum atomic E-state index is 11.4. The van der Waals surface area contributed by atoms with Crippen LogP contribution in [0, 0.1) is 0 Å². The molecule has 0 atom stereocenters. The lowest BCUT2D eigenvalue weighted by atomic mass is 10.2. The number of likely N-dealkylation sites (N-methyl/N-ethyl adjacent to an activating group) is 1. The predicted octanol–water partition coefficient (Wildman–Crippen LogP) is 2.75. The van der Waals surface area contributed by atoms with Crippen LogP contribution in [-0.4, -0.2) is 32.1 Å². The molecule has 0 aliphatic heterocycles. The molecule has 0 spiro atoms. The van der Waals surface area contributed by atoms with E-state index < -0.39 is 0 Å². The average Bonchev–Trinajstić information content (AvgIpc) is 2.65. The molecule has 2 aromatic carbocycles. The number of halogens is 1. The first-order chi connectivity index (χ1) is 12.6. The van der Waals surface area contributed by atoms with Crippen LogP contribution in [0.1, 0.15) is 12.5 Å². The molecule has 0 bridgehead atoms. The van der Waals surface area contributed by atoms with Gasteiger partial charge in [-0.25, -0.2) is 4.99 Å². The van der Waals surface area contributed by atoms with Gasteiger partial charge in [0, 0.05) is 18.3 Å². The Hall–Kier alpha value is -2.49. The zero-order valence-corrected chi connectivity index (χ0v) is 17.7. The van der Waals surface area contributed by atoms with Crippen LogP contribution in [0.4, 0.5) is 5.69 Å². The summed E-state index contributed by atoms with van der Waals surface area (Å²) in [7, 11) is 1.61. The standard InChI is InChI=1S/C19H24N4O3.HI/c1-3-21-18(24)13-26-17-9-4-6-14(10-17)12-22-19(20)23-15-7-5-8-16(11-15)25-2;/h4-11H,3,12-13H2,1-2H3,(H,21,24)(H3,20,22,23);1H. The minimum atomic E-state index is -0.150. The van der Waals surface area contributed by atoms with Crippen LogP contribution >= 0.6 is 24.0 Å². The number of hydrogen-bond acceptors (Lipinski definition) is 4. The molecular weight excluding hydrogens is 459 g/mol. The highest BCUT2D eigenvalue weighted by Crippen LogP contribution is 2.17. The molecule has 146 valence electrons. The van der Waals surface area contributed by atoms with Gasteiger partial charge < -0.3 is 25.8 Å². The maximum Gasteiger partial charge on any atom is 0.257 e. The second kappa shape index (κ2) is 12.0. The number of carbonyl (C=O) groups is 1. The molecule has 0 radical (unpaired) electrons. The number of guanidine groups is 1. The van der Waals surface area contributed by atoms with E-state index in [0.717, 1.165) is 17.0 Å². The summed E-state index contributed by atoms with van der Waals surface area (Å²) in [5, 5.41) is 5.70. The first-order valence-corrected chi connectivity index (χ1v) is 8.30. The monoisotopic (exact) mass is 484 g/mol. The van der Waals surface area contributed by atoms with Crippen molar-refractivity contribution in [2.75, 3.05) is 25.6 Å². The van der Waals surface area contributed by atoms with Crippen molar-refractivity contribution in [2.45, 2.75) is 13.5 Å². The van der Waals surface area contributed by atoms with Crippen LogP contribution in [0.5, 0.6) is 11.5 Å². The van der Waals surface area contributed by atoms with Crippen LogP contribution in [0.2, 0.25) is 0 Å². The molecule has 0 fully saturated rings. The van der Waals surface area contributed by atoms with Gasteiger partial charge in [0.15, 0.2) is 12.6 Å². The zero-order valence-electron chi connectivity index (χ0n) is 15.4. The second-order valence-electron chi connectivity index (χ2n) is 5.45. The molecule has 27 heavy (non-hydrogen) atoms. The number of aliphatic imine (C=N–C) groups is 1. The third-order valence-corrected chi connectivity index (χ3v) is 3.42. The molecule has 0 saturated heterocycles. The van der Waals surface area contributed by atoms with Crippen molar-refractivity contribution in [1.29, 1.82) is 0 Å². The Morgan fingerprint density at radius 3 is 2.63 bits per heavy atom. The topological polar surface area (TPSA) is 98.0 Å². The smallest absolute Gasteiger partial charge is 0.257 e. The molecule has 0 aliphatic carbocycles. The lowest BCUT2D eigenvalue weighted by Gasteiger charge is -2.09. The number of methoxy groups -OCH3 is 1. The summed E-state index contributed by atoms with van der Waals surface area (Å²) in [5.41, 5.74) is 7.65. The van der Waals surface area contributed by atoms with Crippen LogP contribution in [0.3, 0.4) is 0 Å². The molecule has 2 rings (SSSR count). The third kappa shape index (κ3) is 8.16. The fourth-order valence-corrected chi connectivity index (χ4v) is 2.20. The second-order valence-corrected chi connectivity index (χ2v) is 5.45. The number of nitrogens with one attached hydrogen (secondary N) is 2. The highest BCUT2D eigenvalue weighted by molar-refractivity contribution is 14.0. The largest absolute Gasteiger partial charge is 0.497 e. The summed E-state index contributed by atoms with van der Waals surface area (Å²) in [6.07, 6.45) is 0. The summed E-state index contributed by atoms with van der Waals surface area (Å²) in [4.78, 5) is 15.8. The van der Waals surface area contributed by atoms with Gasteiger partial charge >= 0.3 is 0 Å². The molecule has 1 amide bonds. The van der Waals surface area contributed by atoms with Gasteiger partial charge in [-0.05, 0) is 36.8 Å². The number of amides is 1. The van der Waals surface area contributed by atoms with Gasteiger partial charge in [-0.1, -0.05) is 18.2 Å². The van der Waals surface area contributed by atoms with Crippen molar-refractivity contribution in [3.05, 3.63) is 54.1 Å². The van der Waals surface area contributed by atoms with E-state index >= 15 is 0 Å². The van der Waals surface area contributed by atoms with Crippen LogP contribution < -0.4 is 25.8 Å². The fourth-order valence-electron chi connectivity index (χ4n) is 2.20. The van der Waals surface area contributed by atoms with Gasteiger partial charge in [0.05, 0.1) is 13.7 Å². The van der Waals surface area contributed by atoms with Crippen molar-refractivity contribution in [2.24, 2.45) is 10.7 Å². The van der Waals surface area contributed by atoms with E-state index in [1.54, 1.807) is 13.2 Å². The van der Waals surface area contributed by atoms with Gasteiger partial charge in [-0.3, -0.25) is 4.79 Å². The lowest BCUT2D eigenvalue weighted by molar-refractivity contribution is -0.122. The zero-order chi connectivity index (χ0) is 18.8. The van der Waals surface area contributed by atoms with E-state index in [0.29, 0.717) is 24.8 Å². The molecular formula is C19H25IN4O3. The Labute approximate surface area is 176 Å². The van der Waals surface area contributed by atoms with E-state index in [4.69, 9.17) is 15.2 Å². The summed E-state index contributed by atoms with van der Waals surface area (Å²) in [6, 6.07) is 14.8. The van der Waals surface area contributed by atoms with Crippen molar-refractivity contribution >= 4 is 41.5 Å². The first kappa shape index (κ1) is 22.6. The molecule has 0 saturated carbocycles. The predicted molar refractivity (Wildman–Crippen MR) is 118 cm³/mol. The number of carbonyl (C=O) groups excluding carboxylic acids is 1. The van der Waals surface area contributed by atoms with Gasteiger partial charge in [0.25, 0.3) is 5.91 Å². The number of nitrogens with two attached hydrogens (primary N) is 1. The summed E-state index contributed by atoms with van der Waals surface area (Å²) in [6.45, 7) is 2.82. The highest BCUT2D eigenvalue weighted by Gasteiger charge is 2.02. The van der Waals surface area contributed by atoms with E-state index in [1.165, 1.54) is 0 Å². The Morgan fingerprint density at radius 1 is 1.15 bits per heavy atom. The number of rotatable bonds is 8. The molecule has 0 aromatic heterocycles. The summed E-state index contributed by atoms with van der Waals surface area (Å²) in [5.74, 6) is 1.50. The van der Waals surface area contributed by atoms with Crippen molar-refractivity contribution in [1.82, 2.24) is 5.32 Å². The molecule has 0 heterocycles. The molecule has 0 unspecified atom stereocenters. The van der Waals surface area contributed by atoms with Gasteiger partial charge in [-0.2, -0.15) is 0 Å². The van der Waals surface area contributed by atoms with Gasteiger partial charge in [0.1, 0.15) is 11.5 Å². The molecule has 0 aliphatic rings. The minimum absolute atomic E-state index is 0. The Morgan fingerprint density at radius 2 is 1.89 bits per heavy atom. The third-order valence-electron chi connectivity index (χ3n) is 3.42. The first-order valence-electron chi connectivity index (χ1n) is 8.30. The quantitative estimate of drug-likeness (QED) is 0.304. The van der Waals surface area contributed by atoms with Crippen molar-refractivity contribution < 1.29 is 14.3 Å². The van der Waals surface area contributed by atoms with E-state index in [2.05, 4.69) is 15.6 Å². The molecule has 8 heteroatoms. The van der Waals surface area contributed by atoms with E-state index in [1.807, 2.05) is 49.4 Å². The fraction of sp³-hybridized carbons (Fsp3) is 0.263. The minimum Gasteiger partial charge on any atom is -0.497 e. The maximum absolute atomic E-state index is 11.4. The normalized spacial score (nSPS) is 10.5. The number of benzene rings is 2. The lowest BCUT2D eigenvalue weighted by Crippen LogP contribution is -2.28. The van der Waals surface area contributed by atoms with Crippen LogP contribution in [-0.2, 0) is 11.3 Å². The molecule has 2 aromatic rings. The van der Waals surface area contributed by atoms with Crippen LogP contribution in [0.15, 0.2) is 53.5 Å². The van der Waals surface area contributed by atoms with Gasteiger partial charge in [-0.15, -0.1) is 24.0 Å². The summed E-state index contributed by atoms with van der Waals surface area (Å²) >= 11 is 0. The Bertz CT molecular complexity index is 768. The Balaban J connectivity index is 0.00000364. The SMILES string of the molecule is CCNC(=O)COc1cccc(CN=C(N)Nc2cccc(OC)c2)c1.I. The summed E-state index contributed by atoms with van der Waals surface area (Å²) < 4.78 is 10.6. The molecule has 7 nitrogen and oxygen atoms in total. The van der Waals surface area contributed by atoms with Crippen molar-refractivity contribution in [3.63, 3.8) is 0 Å². The number of ether oxygens (including phenoxy) is 2. The van der Waals surface area contributed by atoms with E-state index in [9.17, 15) is 4.79 Å². The highest BCUT2D eigenvalue weighted by atomic mass is 127. The number of nitrogens with zero attached hydrogens (tertiary/aromatic N) is 1. The Kier molecular flexibility index (Phi) is 10.0. The van der Waals surface area contributed by atoms with E-state index in [-0.39, 0.29) is 36.5 Å².